The second-order valence-corrected chi connectivity index (χ2v) is 7.74. The van der Waals surface area contributed by atoms with Crippen LogP contribution in [0.15, 0.2) is 54.7 Å². The van der Waals surface area contributed by atoms with Crippen molar-refractivity contribution in [3.05, 3.63) is 60.5 Å². The minimum absolute atomic E-state index is 0.224. The fourth-order valence-electron chi connectivity index (χ4n) is 3.77. The van der Waals surface area contributed by atoms with Gasteiger partial charge in [0.25, 0.3) is 5.91 Å². The van der Waals surface area contributed by atoms with Crippen molar-refractivity contribution in [1.82, 2.24) is 14.7 Å². The first-order valence-electron chi connectivity index (χ1n) is 10.7. The van der Waals surface area contributed by atoms with Crippen LogP contribution in [0, 0.1) is 5.82 Å². The first-order chi connectivity index (χ1) is 15.6. The molecule has 32 heavy (non-hydrogen) atoms. The number of anilines is 1. The number of halogens is 1. The number of hydrogen-bond acceptors (Lipinski definition) is 5. The van der Waals surface area contributed by atoms with Gasteiger partial charge in [0, 0.05) is 37.1 Å². The number of hydrogen-bond donors (Lipinski definition) is 1. The zero-order valence-corrected chi connectivity index (χ0v) is 18.1. The second kappa shape index (κ2) is 10.3. The summed E-state index contributed by atoms with van der Waals surface area (Å²) in [5, 5.41) is 7.08. The SMILES string of the molecule is Cn1nccc1-c1cc(NC(=O)COc2cccc(F)c2)ccc1OCCN1CCCC1. The molecule has 4 rings (SSSR count). The van der Waals surface area contributed by atoms with E-state index in [1.165, 1.54) is 31.0 Å². The van der Waals surface area contributed by atoms with E-state index < -0.39 is 5.82 Å². The number of carbonyl (C=O) groups excluding carboxylic acids is 1. The molecule has 1 amide bonds. The molecule has 1 fully saturated rings. The number of ether oxygens (including phenoxy) is 2. The highest BCUT2D eigenvalue weighted by Crippen LogP contribution is 2.32. The Balaban J connectivity index is 1.43. The number of aryl methyl sites for hydroxylation is 1. The summed E-state index contributed by atoms with van der Waals surface area (Å²) < 4.78 is 26.5. The van der Waals surface area contributed by atoms with Crippen molar-refractivity contribution >= 4 is 11.6 Å². The van der Waals surface area contributed by atoms with Gasteiger partial charge in [-0.1, -0.05) is 6.07 Å². The lowest BCUT2D eigenvalue weighted by Crippen LogP contribution is -2.25. The zero-order valence-electron chi connectivity index (χ0n) is 18.1. The van der Waals surface area contributed by atoms with Gasteiger partial charge in [-0.25, -0.2) is 4.39 Å². The lowest BCUT2D eigenvalue weighted by Gasteiger charge is -2.17. The third-order valence-electron chi connectivity index (χ3n) is 5.39. The number of rotatable bonds is 9. The Hall–Kier alpha value is -3.39. The maximum atomic E-state index is 13.3. The average Bonchev–Trinajstić information content (AvgIpc) is 3.45. The minimum Gasteiger partial charge on any atom is -0.492 e. The van der Waals surface area contributed by atoms with E-state index in [-0.39, 0.29) is 12.5 Å². The van der Waals surface area contributed by atoms with E-state index in [0.717, 1.165) is 36.6 Å². The van der Waals surface area contributed by atoms with Gasteiger partial charge in [-0.15, -0.1) is 0 Å². The predicted octanol–water partition coefficient (Wildman–Crippen LogP) is 3.72. The van der Waals surface area contributed by atoms with Gasteiger partial charge in [0.2, 0.25) is 0 Å². The third kappa shape index (κ3) is 5.64. The van der Waals surface area contributed by atoms with Crippen LogP contribution >= 0.6 is 0 Å². The number of amides is 1. The van der Waals surface area contributed by atoms with E-state index >= 15 is 0 Å². The summed E-state index contributed by atoms with van der Waals surface area (Å²) >= 11 is 0. The molecular formula is C24H27FN4O3. The summed E-state index contributed by atoms with van der Waals surface area (Å²) in [7, 11) is 1.86. The van der Waals surface area contributed by atoms with Crippen molar-refractivity contribution in [3.8, 4) is 22.8 Å². The normalized spacial score (nSPS) is 13.8. The van der Waals surface area contributed by atoms with Crippen molar-refractivity contribution < 1.29 is 18.7 Å². The summed E-state index contributed by atoms with van der Waals surface area (Å²) in [5.41, 5.74) is 2.34. The molecule has 3 aromatic rings. The van der Waals surface area contributed by atoms with Crippen LogP contribution in [0.1, 0.15) is 12.8 Å². The van der Waals surface area contributed by atoms with E-state index in [4.69, 9.17) is 9.47 Å². The van der Waals surface area contributed by atoms with Crippen LogP contribution in [-0.4, -0.2) is 53.4 Å². The molecule has 2 heterocycles. The second-order valence-electron chi connectivity index (χ2n) is 7.74. The maximum absolute atomic E-state index is 13.3. The summed E-state index contributed by atoms with van der Waals surface area (Å²) in [6.45, 7) is 3.51. The van der Waals surface area contributed by atoms with Gasteiger partial charge < -0.3 is 14.8 Å². The molecule has 0 spiro atoms. The topological polar surface area (TPSA) is 68.6 Å². The molecule has 0 atom stereocenters. The van der Waals surface area contributed by atoms with Crippen LogP contribution in [-0.2, 0) is 11.8 Å². The van der Waals surface area contributed by atoms with Gasteiger partial charge >= 0.3 is 0 Å². The quantitative estimate of drug-likeness (QED) is 0.552. The van der Waals surface area contributed by atoms with Crippen molar-refractivity contribution in [2.75, 3.05) is 38.2 Å². The highest BCUT2D eigenvalue weighted by atomic mass is 19.1. The molecule has 8 heteroatoms. The first kappa shape index (κ1) is 21.8. The highest BCUT2D eigenvalue weighted by Gasteiger charge is 2.15. The standard InChI is InChI=1S/C24H27FN4O3/c1-28-22(9-10-26-28)21-16-19(7-8-23(21)31-14-13-29-11-2-3-12-29)27-24(30)17-32-20-6-4-5-18(25)15-20/h4-10,15-16H,2-3,11-14,17H2,1H3,(H,27,30). The molecule has 0 unspecified atom stereocenters. The Morgan fingerprint density at radius 2 is 1.97 bits per heavy atom. The van der Waals surface area contributed by atoms with Gasteiger partial charge in [-0.2, -0.15) is 5.10 Å². The van der Waals surface area contributed by atoms with Gasteiger partial charge in [-0.05, 0) is 62.3 Å². The highest BCUT2D eigenvalue weighted by molar-refractivity contribution is 5.93. The number of likely N-dealkylation sites (tertiary alicyclic amines) is 1. The average molecular weight is 439 g/mol. The fraction of sp³-hybridized carbons (Fsp3) is 0.333. The van der Waals surface area contributed by atoms with Crippen LogP contribution in [0.2, 0.25) is 0 Å². The van der Waals surface area contributed by atoms with Gasteiger partial charge in [0.15, 0.2) is 6.61 Å². The van der Waals surface area contributed by atoms with Gasteiger partial charge in [0.05, 0.1) is 5.69 Å². The van der Waals surface area contributed by atoms with Crippen LogP contribution in [0.5, 0.6) is 11.5 Å². The van der Waals surface area contributed by atoms with Crippen molar-refractivity contribution in [3.63, 3.8) is 0 Å². The van der Waals surface area contributed by atoms with E-state index in [2.05, 4.69) is 15.3 Å². The van der Waals surface area contributed by atoms with E-state index in [1.807, 2.05) is 25.2 Å². The molecule has 1 aliphatic rings. The van der Waals surface area contributed by atoms with E-state index in [9.17, 15) is 9.18 Å². The molecule has 168 valence electrons. The molecule has 0 radical (unpaired) electrons. The number of nitrogens with zero attached hydrogens (tertiary/aromatic N) is 3. The van der Waals surface area contributed by atoms with Gasteiger partial charge in [-0.3, -0.25) is 14.4 Å². The zero-order chi connectivity index (χ0) is 22.3. The summed E-state index contributed by atoms with van der Waals surface area (Å²) in [4.78, 5) is 14.8. The van der Waals surface area contributed by atoms with Crippen molar-refractivity contribution in [1.29, 1.82) is 0 Å². The first-order valence-corrected chi connectivity index (χ1v) is 10.7. The number of nitrogens with one attached hydrogen (secondary N) is 1. The summed E-state index contributed by atoms with van der Waals surface area (Å²) in [6, 6.07) is 13.1. The number of aromatic nitrogens is 2. The molecule has 0 saturated carbocycles. The molecule has 1 aromatic heterocycles. The largest absolute Gasteiger partial charge is 0.492 e. The number of benzene rings is 2. The lowest BCUT2D eigenvalue weighted by atomic mass is 10.1. The molecule has 1 N–H and O–H groups in total. The smallest absolute Gasteiger partial charge is 0.262 e. The Morgan fingerprint density at radius 3 is 2.72 bits per heavy atom. The molecular weight excluding hydrogens is 411 g/mol. The molecule has 1 saturated heterocycles. The van der Waals surface area contributed by atoms with E-state index in [1.54, 1.807) is 23.0 Å². The molecule has 1 aliphatic heterocycles. The Labute approximate surface area is 186 Å². The monoisotopic (exact) mass is 438 g/mol. The van der Waals surface area contributed by atoms with Crippen molar-refractivity contribution in [2.24, 2.45) is 7.05 Å². The Kier molecular flexibility index (Phi) is 7.01. The van der Waals surface area contributed by atoms with Crippen LogP contribution in [0.3, 0.4) is 0 Å². The Morgan fingerprint density at radius 1 is 1.12 bits per heavy atom. The third-order valence-corrected chi connectivity index (χ3v) is 5.39. The molecule has 7 nitrogen and oxygen atoms in total. The predicted molar refractivity (Wildman–Crippen MR) is 120 cm³/mol. The Bertz CT molecular complexity index is 1060. The van der Waals surface area contributed by atoms with Crippen LogP contribution in [0.25, 0.3) is 11.3 Å². The lowest BCUT2D eigenvalue weighted by molar-refractivity contribution is -0.118. The molecule has 2 aromatic carbocycles. The van der Waals surface area contributed by atoms with Crippen LogP contribution in [0.4, 0.5) is 10.1 Å². The molecule has 0 aliphatic carbocycles. The van der Waals surface area contributed by atoms with Crippen molar-refractivity contribution in [2.45, 2.75) is 12.8 Å². The summed E-state index contributed by atoms with van der Waals surface area (Å²) in [6.07, 6.45) is 4.22. The van der Waals surface area contributed by atoms with E-state index in [0.29, 0.717) is 18.0 Å². The molecule has 0 bridgehead atoms. The summed E-state index contributed by atoms with van der Waals surface area (Å²) in [5.74, 6) is 0.288. The maximum Gasteiger partial charge on any atom is 0.262 e. The number of carbonyl (C=O) groups is 1. The van der Waals surface area contributed by atoms with Crippen LogP contribution < -0.4 is 14.8 Å². The minimum atomic E-state index is -0.413. The van der Waals surface area contributed by atoms with Gasteiger partial charge in [0.1, 0.15) is 23.9 Å². The fourth-order valence-corrected chi connectivity index (χ4v) is 3.77.